The highest BCUT2D eigenvalue weighted by Crippen LogP contribution is 2.40. The van der Waals surface area contributed by atoms with Crippen molar-refractivity contribution < 1.29 is 59.0 Å². The number of aromatic nitrogens is 5. The van der Waals surface area contributed by atoms with Crippen molar-refractivity contribution in [3.05, 3.63) is 102 Å². The predicted molar refractivity (Wildman–Crippen MR) is 271 cm³/mol. The van der Waals surface area contributed by atoms with Crippen LogP contribution in [0.5, 0.6) is 5.75 Å². The number of alkyl halides is 2. The number of ether oxygens (including phenoxy) is 2. The Bertz CT molecular complexity index is 3220. The molecule has 6 aromatic rings. The average molecular weight is 1080 g/mol. The van der Waals surface area contributed by atoms with Crippen molar-refractivity contribution in [1.82, 2.24) is 45.4 Å². The predicted octanol–water partition coefficient (Wildman–Crippen LogP) is 5.48. The molecule has 1 unspecified atom stereocenters. The number of anilines is 3. The van der Waals surface area contributed by atoms with Gasteiger partial charge in [0.15, 0.2) is 0 Å². The zero-order valence-electron chi connectivity index (χ0n) is 42.3. The number of likely N-dealkylation sites (N-methyl/N-ethyl adjacent to an activating group) is 1. The second kappa shape index (κ2) is 23.0. The first-order chi connectivity index (χ1) is 35.9. The molecule has 0 radical (unpaired) electrons. The molecule has 3 aromatic heterocycles. The Morgan fingerprint density at radius 2 is 1.66 bits per heavy atom. The van der Waals surface area contributed by atoms with E-state index in [1.54, 1.807) is 70.5 Å². The minimum absolute atomic E-state index is 0.0000415. The molecular formula is C50H57F5N12O8S. The van der Waals surface area contributed by atoms with Crippen molar-refractivity contribution >= 4 is 61.7 Å². The number of hydrogen-bond donors (Lipinski definition) is 6. The van der Waals surface area contributed by atoms with E-state index in [0.717, 1.165) is 18.2 Å². The van der Waals surface area contributed by atoms with Gasteiger partial charge in [0.25, 0.3) is 10.0 Å². The fraction of sp³-hybridized carbons (Fsp3) is 0.380. The number of nitrogens with zero attached hydrogens (tertiary/aromatic N) is 6. The number of nitrogens with one attached hydrogen (secondary N) is 5. The fourth-order valence-electron chi connectivity index (χ4n) is 8.48. The molecule has 1 fully saturated rings. The van der Waals surface area contributed by atoms with Gasteiger partial charge in [0, 0.05) is 48.7 Å². The molecule has 4 heterocycles. The normalized spacial score (nSPS) is 16.1. The first-order valence-electron chi connectivity index (χ1n) is 23.8. The molecule has 4 amide bonds. The van der Waals surface area contributed by atoms with E-state index >= 15 is 0 Å². The Morgan fingerprint density at radius 1 is 0.961 bits per heavy atom. The number of carbonyl (C=O) groups is 4. The number of amides is 4. The van der Waals surface area contributed by atoms with Gasteiger partial charge in [0.05, 0.1) is 42.0 Å². The van der Waals surface area contributed by atoms with Gasteiger partial charge >= 0.3 is 5.76 Å². The zero-order valence-corrected chi connectivity index (χ0v) is 43.1. The molecule has 1 aliphatic rings. The van der Waals surface area contributed by atoms with Crippen molar-refractivity contribution in [2.24, 2.45) is 12.5 Å². The van der Waals surface area contributed by atoms with Crippen molar-refractivity contribution in [1.29, 1.82) is 0 Å². The first kappa shape index (κ1) is 56.0. The Morgan fingerprint density at radius 3 is 2.32 bits per heavy atom. The molecule has 20 nitrogen and oxygen atoms in total. The Hall–Kier alpha value is -7.71. The number of likely N-dealkylation sites (tertiary alicyclic amines) is 1. The van der Waals surface area contributed by atoms with Crippen LogP contribution in [-0.4, -0.2) is 118 Å². The Kier molecular flexibility index (Phi) is 17.0. The van der Waals surface area contributed by atoms with Crippen molar-refractivity contribution in [3.63, 3.8) is 0 Å². The summed E-state index contributed by atoms with van der Waals surface area (Å²) >= 11 is 0. The van der Waals surface area contributed by atoms with Gasteiger partial charge in [-0.05, 0) is 74.7 Å². The molecule has 7 N–H and O–H groups in total. The molecular weight excluding hydrogens is 1020 g/mol. The van der Waals surface area contributed by atoms with E-state index in [0.29, 0.717) is 33.2 Å². The second-order valence-electron chi connectivity index (χ2n) is 19.1. The van der Waals surface area contributed by atoms with E-state index in [9.17, 15) is 49.5 Å². The fourth-order valence-corrected chi connectivity index (χ4v) is 9.04. The quantitative estimate of drug-likeness (QED) is 0.0409. The minimum Gasteiger partial charge on any atom is -0.484 e. The molecule has 0 aliphatic carbocycles. The molecule has 406 valence electrons. The number of halogens is 5. The van der Waals surface area contributed by atoms with Crippen LogP contribution in [0.25, 0.3) is 33.3 Å². The average Bonchev–Trinajstić information content (AvgIpc) is 4.14. The number of pyridine rings is 1. The van der Waals surface area contributed by atoms with Crippen molar-refractivity contribution in [2.75, 3.05) is 42.6 Å². The molecule has 7 rings (SSSR count). The Balaban J connectivity index is 1.03. The van der Waals surface area contributed by atoms with Gasteiger partial charge in [-0.2, -0.15) is 19.0 Å². The maximum atomic E-state index is 14.6. The second-order valence-corrected chi connectivity index (χ2v) is 20.8. The number of benzene rings is 3. The van der Waals surface area contributed by atoms with Gasteiger partial charge < -0.3 is 41.4 Å². The summed E-state index contributed by atoms with van der Waals surface area (Å²) in [5, 5.41) is 20.1. The van der Waals surface area contributed by atoms with Gasteiger partial charge in [0.1, 0.15) is 65.2 Å². The maximum absolute atomic E-state index is 14.6. The van der Waals surface area contributed by atoms with Crippen molar-refractivity contribution in [3.8, 4) is 28.1 Å². The number of nitrogen functional groups attached to an aromatic ring is 1. The summed E-state index contributed by atoms with van der Waals surface area (Å²) in [5.41, 5.74) is 7.42. The van der Waals surface area contributed by atoms with E-state index in [1.165, 1.54) is 53.6 Å². The number of fused-ring (bicyclic) bond motifs is 1. The molecule has 0 spiro atoms. The van der Waals surface area contributed by atoms with Crippen LogP contribution in [0.2, 0.25) is 0 Å². The number of rotatable bonds is 20. The first-order valence-corrected chi connectivity index (χ1v) is 25.3. The lowest BCUT2D eigenvalue weighted by Crippen LogP contribution is -2.59. The monoisotopic (exact) mass is 1080 g/mol. The van der Waals surface area contributed by atoms with Crippen LogP contribution >= 0.6 is 0 Å². The topological polar surface area (TPSA) is 259 Å². The van der Waals surface area contributed by atoms with E-state index in [4.69, 9.17) is 20.3 Å². The standard InChI is InChI=1S/C50H57F5N12O8S/c1-26(57-6)46(69)62-44(50(3,4)5)48(71)67-24-32(20-37(67)47(70)61-42-34(52)9-8-10-35(42)53)60-39(68)25-74-18-17-66-23-30(21-59-66)33-22-58-45(56)40-41(63-65(7)43(33)40)29-13-16-36(64-76(72,73)49(54)55)38(19-29)75-27(2)28-11-14-31(51)15-12-28/h8-16,19,21-23,26-27,32,37,44,49,57,64H,17-18,20,24-25H2,1-7H3,(H2,56,58)(H,60,68)(H,61,70)(H,62,69)/t26-,27-,32?,37-,44+/m0/s1. The van der Waals surface area contributed by atoms with Crippen LogP contribution in [0.15, 0.2) is 79.3 Å². The lowest BCUT2D eigenvalue weighted by molar-refractivity contribution is -0.143. The number of para-hydroxylation sites is 1. The molecule has 0 bridgehead atoms. The van der Waals surface area contributed by atoms with E-state index in [-0.39, 0.29) is 49.1 Å². The summed E-state index contributed by atoms with van der Waals surface area (Å²) in [5.74, 6) is -8.98. The SMILES string of the molecule is CN[C@@H](C)C(=O)N[C@H](C(=O)N1CC(NC(=O)COCCn2cc(-c3cnc(N)c4c(-c5ccc(NS(=O)(=O)C(F)F)c(O[C@@H](C)c6ccc(F)cc6)c5)nn(C)c34)cn2)C[C@H]1C(=O)Nc1c(F)cccc1F)C(C)(C)C. The van der Waals surface area contributed by atoms with E-state index < -0.39 is 105 Å². The number of hydrogen-bond acceptors (Lipinski definition) is 13. The molecule has 0 saturated carbocycles. The van der Waals surface area contributed by atoms with E-state index in [2.05, 4.69) is 31.3 Å². The Labute approximate surface area is 433 Å². The van der Waals surface area contributed by atoms with Crippen LogP contribution in [0, 0.1) is 22.9 Å². The third-order valence-corrected chi connectivity index (χ3v) is 13.6. The molecule has 1 aliphatic heterocycles. The van der Waals surface area contributed by atoms with Gasteiger partial charge in [-0.1, -0.05) is 45.0 Å². The minimum atomic E-state index is -5.12. The molecule has 3 aromatic carbocycles. The largest absolute Gasteiger partial charge is 0.484 e. The summed E-state index contributed by atoms with van der Waals surface area (Å²) in [6.45, 7) is 7.95. The summed E-state index contributed by atoms with van der Waals surface area (Å²) in [7, 11) is -1.88. The van der Waals surface area contributed by atoms with Crippen molar-refractivity contribution in [2.45, 2.75) is 83.6 Å². The highest BCUT2D eigenvalue weighted by atomic mass is 32.2. The molecule has 26 heteroatoms. The van der Waals surface area contributed by atoms with Gasteiger partial charge in [0.2, 0.25) is 23.6 Å². The zero-order chi connectivity index (χ0) is 55.4. The summed E-state index contributed by atoms with van der Waals surface area (Å²) in [6.07, 6.45) is 3.86. The van der Waals surface area contributed by atoms with Crippen LogP contribution in [0.1, 0.15) is 52.7 Å². The molecule has 1 saturated heterocycles. The summed E-state index contributed by atoms with van der Waals surface area (Å²) in [6, 6.07) is 8.61. The number of aryl methyl sites for hydroxylation is 1. The van der Waals surface area contributed by atoms with Crippen LogP contribution in [-0.2, 0) is 47.5 Å². The van der Waals surface area contributed by atoms with Gasteiger partial charge in [-0.3, -0.25) is 33.3 Å². The highest BCUT2D eigenvalue weighted by molar-refractivity contribution is 7.93. The van der Waals surface area contributed by atoms with Gasteiger partial charge in [-0.25, -0.2) is 26.6 Å². The van der Waals surface area contributed by atoms with Crippen LogP contribution in [0.3, 0.4) is 0 Å². The molecule has 5 atom stereocenters. The number of nitrogens with two attached hydrogens (primary N) is 1. The number of carbonyl (C=O) groups excluding carboxylic acids is 4. The third kappa shape index (κ3) is 12.7. The lowest BCUT2D eigenvalue weighted by Gasteiger charge is -2.36. The lowest BCUT2D eigenvalue weighted by atomic mass is 9.85. The number of sulfonamides is 1. The van der Waals surface area contributed by atoms with Crippen LogP contribution < -0.4 is 36.5 Å². The highest BCUT2D eigenvalue weighted by Gasteiger charge is 2.46. The van der Waals surface area contributed by atoms with Gasteiger partial charge in [-0.15, -0.1) is 0 Å². The summed E-state index contributed by atoms with van der Waals surface area (Å²) in [4.78, 5) is 59.8. The van der Waals surface area contributed by atoms with E-state index in [1.807, 2.05) is 4.72 Å². The third-order valence-electron chi connectivity index (χ3n) is 12.6. The molecule has 76 heavy (non-hydrogen) atoms. The smallest absolute Gasteiger partial charge is 0.355 e. The summed E-state index contributed by atoms with van der Waals surface area (Å²) < 4.78 is 111. The van der Waals surface area contributed by atoms with Crippen LogP contribution in [0.4, 0.5) is 39.1 Å². The maximum Gasteiger partial charge on any atom is 0.355 e.